The molecule has 0 heterocycles. The zero-order valence-corrected chi connectivity index (χ0v) is 29.6. The van der Waals surface area contributed by atoms with Crippen molar-refractivity contribution in [1.82, 2.24) is 0 Å². The first-order valence-corrected chi connectivity index (χ1v) is 17.1. The molecule has 0 atom stereocenters. The highest BCUT2D eigenvalue weighted by atomic mass is 16.6. The van der Waals surface area contributed by atoms with Crippen LogP contribution < -0.4 is 9.47 Å². The Hall–Kier alpha value is -3.58. The molecule has 0 fully saturated rings. The van der Waals surface area contributed by atoms with Crippen LogP contribution in [0.4, 0.5) is 0 Å². The van der Waals surface area contributed by atoms with Crippen molar-refractivity contribution in [2.45, 2.75) is 0 Å². The number of ether oxygens (including phenoxy) is 10. The molecule has 0 aromatic heterocycles. The van der Waals surface area contributed by atoms with E-state index in [-0.39, 0.29) is 0 Å². The zero-order chi connectivity index (χ0) is 35.2. The lowest BCUT2D eigenvalue weighted by molar-refractivity contribution is 0.000164. The first kappa shape index (κ1) is 40.8. The molecule has 50 heavy (non-hydrogen) atoms. The Bertz CT molecular complexity index is 1180. The quantitative estimate of drug-likeness (QED) is 0.0596. The summed E-state index contributed by atoms with van der Waals surface area (Å²) in [6.07, 6.45) is 8.39. The van der Waals surface area contributed by atoms with Crippen LogP contribution in [-0.4, -0.2) is 120 Å². The molecule has 0 aliphatic carbocycles. The van der Waals surface area contributed by atoms with Crippen LogP contribution in [0.3, 0.4) is 0 Å². The topological polar surface area (TPSA) is 92.3 Å². The van der Waals surface area contributed by atoms with E-state index >= 15 is 0 Å². The third kappa shape index (κ3) is 20.2. The van der Waals surface area contributed by atoms with E-state index in [1.807, 2.05) is 48.5 Å². The number of benzene rings is 3. The van der Waals surface area contributed by atoms with E-state index in [0.29, 0.717) is 106 Å². The van der Waals surface area contributed by atoms with Crippen LogP contribution in [0.1, 0.15) is 22.3 Å². The standard InChI is InChI=1S/C40H54O10/c1-41-19-21-43-23-25-45-27-29-47-31-33-49-39-15-11-37(12-16-39)9-7-35-3-5-36(6-4-35)8-10-38-13-17-40(18-14-38)50-34-32-48-30-28-46-26-24-44-22-20-42-2/h3-18H,19-34H2,1-2H3. The van der Waals surface area contributed by atoms with Crippen LogP contribution in [0.25, 0.3) is 24.3 Å². The van der Waals surface area contributed by atoms with Crippen molar-refractivity contribution < 1.29 is 47.4 Å². The minimum atomic E-state index is 0.483. The molecular weight excluding hydrogens is 640 g/mol. The first-order chi connectivity index (χ1) is 24.8. The summed E-state index contributed by atoms with van der Waals surface area (Å²) in [4.78, 5) is 0. The summed E-state index contributed by atoms with van der Waals surface area (Å²) in [6.45, 7) is 8.64. The van der Waals surface area contributed by atoms with Gasteiger partial charge >= 0.3 is 0 Å². The fourth-order valence-electron chi connectivity index (χ4n) is 4.26. The van der Waals surface area contributed by atoms with Gasteiger partial charge in [0.15, 0.2) is 0 Å². The van der Waals surface area contributed by atoms with Crippen LogP contribution in [0.15, 0.2) is 72.8 Å². The Labute approximate surface area is 297 Å². The minimum Gasteiger partial charge on any atom is -0.491 e. The van der Waals surface area contributed by atoms with Crippen molar-refractivity contribution in [3.63, 3.8) is 0 Å². The molecule has 0 spiro atoms. The fraction of sp³-hybridized carbons (Fsp3) is 0.450. The van der Waals surface area contributed by atoms with Crippen LogP contribution in [0.2, 0.25) is 0 Å². The molecule has 3 rings (SSSR count). The molecule has 274 valence electrons. The van der Waals surface area contributed by atoms with E-state index in [4.69, 9.17) is 47.4 Å². The number of rotatable bonds is 30. The molecular formula is C40H54O10. The maximum Gasteiger partial charge on any atom is 0.119 e. The average Bonchev–Trinajstić information content (AvgIpc) is 3.15. The van der Waals surface area contributed by atoms with Gasteiger partial charge in [0.2, 0.25) is 0 Å². The second-order valence-electron chi connectivity index (χ2n) is 10.8. The van der Waals surface area contributed by atoms with Crippen molar-refractivity contribution in [3.8, 4) is 11.5 Å². The fourth-order valence-corrected chi connectivity index (χ4v) is 4.26. The van der Waals surface area contributed by atoms with Crippen molar-refractivity contribution >= 4 is 24.3 Å². The highest BCUT2D eigenvalue weighted by Crippen LogP contribution is 2.17. The summed E-state index contributed by atoms with van der Waals surface area (Å²) in [7, 11) is 3.30. The van der Waals surface area contributed by atoms with Gasteiger partial charge in [-0.1, -0.05) is 72.8 Å². The van der Waals surface area contributed by atoms with Crippen molar-refractivity contribution in [1.29, 1.82) is 0 Å². The molecule has 0 aliphatic rings. The maximum absolute atomic E-state index is 5.78. The number of methoxy groups -OCH3 is 2. The summed E-state index contributed by atoms with van der Waals surface area (Å²) in [5.41, 5.74) is 4.45. The van der Waals surface area contributed by atoms with Gasteiger partial charge in [0.25, 0.3) is 0 Å². The van der Waals surface area contributed by atoms with Gasteiger partial charge in [-0.05, 0) is 46.5 Å². The van der Waals surface area contributed by atoms with Crippen molar-refractivity contribution in [2.24, 2.45) is 0 Å². The molecule has 0 amide bonds. The number of hydrogen-bond acceptors (Lipinski definition) is 10. The molecule has 10 nitrogen and oxygen atoms in total. The molecule has 0 saturated carbocycles. The molecule has 3 aromatic rings. The lowest BCUT2D eigenvalue weighted by Gasteiger charge is -2.08. The second-order valence-corrected chi connectivity index (χ2v) is 10.8. The Morgan fingerprint density at radius 2 is 0.520 bits per heavy atom. The van der Waals surface area contributed by atoms with E-state index in [1.165, 1.54) is 0 Å². The van der Waals surface area contributed by atoms with Gasteiger partial charge in [-0.2, -0.15) is 0 Å². The Balaban J connectivity index is 1.23. The summed E-state index contributed by atoms with van der Waals surface area (Å²) in [6, 6.07) is 24.5. The molecule has 3 aromatic carbocycles. The maximum atomic E-state index is 5.78. The van der Waals surface area contributed by atoms with Gasteiger partial charge in [-0.25, -0.2) is 0 Å². The third-order valence-corrected chi connectivity index (χ3v) is 6.98. The highest BCUT2D eigenvalue weighted by Gasteiger charge is 1.98. The Morgan fingerprint density at radius 1 is 0.300 bits per heavy atom. The Morgan fingerprint density at radius 3 is 0.780 bits per heavy atom. The predicted octanol–water partition coefficient (Wildman–Crippen LogP) is 6.18. The monoisotopic (exact) mass is 694 g/mol. The van der Waals surface area contributed by atoms with E-state index in [9.17, 15) is 0 Å². The van der Waals surface area contributed by atoms with E-state index < -0.39 is 0 Å². The zero-order valence-electron chi connectivity index (χ0n) is 29.6. The largest absolute Gasteiger partial charge is 0.491 e. The van der Waals surface area contributed by atoms with E-state index in [0.717, 1.165) is 33.8 Å². The molecule has 10 heteroatoms. The first-order valence-electron chi connectivity index (χ1n) is 17.1. The second kappa shape index (κ2) is 28.2. The van der Waals surface area contributed by atoms with Crippen LogP contribution in [0.5, 0.6) is 11.5 Å². The Kier molecular flexibility index (Phi) is 23.0. The minimum absolute atomic E-state index is 0.483. The van der Waals surface area contributed by atoms with Gasteiger partial charge in [-0.15, -0.1) is 0 Å². The van der Waals surface area contributed by atoms with E-state index in [1.54, 1.807) is 14.2 Å². The van der Waals surface area contributed by atoms with Crippen molar-refractivity contribution in [2.75, 3.05) is 120 Å². The van der Waals surface area contributed by atoms with Gasteiger partial charge in [0.1, 0.15) is 24.7 Å². The summed E-state index contributed by atoms with van der Waals surface area (Å²) in [5, 5.41) is 0. The van der Waals surface area contributed by atoms with Gasteiger partial charge in [0.05, 0.1) is 92.5 Å². The smallest absolute Gasteiger partial charge is 0.119 e. The van der Waals surface area contributed by atoms with Crippen LogP contribution >= 0.6 is 0 Å². The summed E-state index contributed by atoms with van der Waals surface area (Å²) in [5.74, 6) is 1.63. The van der Waals surface area contributed by atoms with Crippen LogP contribution in [0, 0.1) is 0 Å². The summed E-state index contributed by atoms with van der Waals surface area (Å²) < 4.78 is 54.1. The van der Waals surface area contributed by atoms with Crippen molar-refractivity contribution in [3.05, 3.63) is 95.1 Å². The van der Waals surface area contributed by atoms with Gasteiger partial charge in [-0.3, -0.25) is 0 Å². The number of hydrogen-bond donors (Lipinski definition) is 0. The molecule has 0 bridgehead atoms. The lowest BCUT2D eigenvalue weighted by Crippen LogP contribution is -2.13. The normalized spacial score (nSPS) is 11.6. The lowest BCUT2D eigenvalue weighted by atomic mass is 10.1. The molecule has 0 N–H and O–H groups in total. The van der Waals surface area contributed by atoms with Gasteiger partial charge < -0.3 is 47.4 Å². The average molecular weight is 695 g/mol. The SMILES string of the molecule is COCCOCCOCCOCCOc1ccc(C=Cc2ccc(C=Cc3ccc(OCCOCCOCCOCCOC)cc3)cc2)cc1. The van der Waals surface area contributed by atoms with Crippen LogP contribution in [-0.2, 0) is 37.9 Å². The van der Waals surface area contributed by atoms with E-state index in [2.05, 4.69) is 48.6 Å². The predicted molar refractivity (Wildman–Crippen MR) is 197 cm³/mol. The molecule has 0 aliphatic heterocycles. The molecule has 0 radical (unpaired) electrons. The summed E-state index contributed by atoms with van der Waals surface area (Å²) >= 11 is 0. The highest BCUT2D eigenvalue weighted by molar-refractivity contribution is 5.73. The third-order valence-electron chi connectivity index (χ3n) is 6.98. The molecule has 0 saturated heterocycles. The molecule has 0 unspecified atom stereocenters. The van der Waals surface area contributed by atoms with Gasteiger partial charge in [0, 0.05) is 14.2 Å².